The van der Waals surface area contributed by atoms with Crippen molar-refractivity contribution in [3.05, 3.63) is 87.3 Å². The first-order valence-electron chi connectivity index (χ1n) is 15.9. The fourth-order valence-corrected chi connectivity index (χ4v) is 7.23. The van der Waals surface area contributed by atoms with Gasteiger partial charge in [-0.1, -0.05) is 36.3 Å². The second-order valence-electron chi connectivity index (χ2n) is 13.0. The molecule has 4 aliphatic carbocycles. The van der Waals surface area contributed by atoms with Crippen LogP contribution in [0.5, 0.6) is 0 Å². The predicted molar refractivity (Wildman–Crippen MR) is 163 cm³/mol. The van der Waals surface area contributed by atoms with E-state index in [1.807, 2.05) is 6.07 Å². The number of aliphatic hydroxyl groups is 1. The second kappa shape index (κ2) is 10.7. The molecule has 3 fully saturated rings. The van der Waals surface area contributed by atoms with Gasteiger partial charge in [0, 0.05) is 53.8 Å². The van der Waals surface area contributed by atoms with Crippen LogP contribution < -0.4 is 10.2 Å². The van der Waals surface area contributed by atoms with Gasteiger partial charge in [0.25, 0.3) is 5.92 Å². The molecular weight excluding hydrogens is 514 g/mol. The molecule has 0 amide bonds. The van der Waals surface area contributed by atoms with Gasteiger partial charge < -0.3 is 15.3 Å². The lowest BCUT2D eigenvalue weighted by molar-refractivity contribution is 0.0175. The highest BCUT2D eigenvalue weighted by atomic mass is 19.3. The first-order valence-corrected chi connectivity index (χ1v) is 15.9. The van der Waals surface area contributed by atoms with Crippen molar-refractivity contribution in [3.63, 3.8) is 0 Å². The number of hydrogen-bond donors (Lipinski definition) is 2. The molecule has 0 radical (unpaired) electrons. The van der Waals surface area contributed by atoms with Gasteiger partial charge >= 0.3 is 0 Å². The quantitative estimate of drug-likeness (QED) is 0.373. The summed E-state index contributed by atoms with van der Waals surface area (Å²) in [4.78, 5) is 2.43. The van der Waals surface area contributed by atoms with Crippen LogP contribution in [0.1, 0.15) is 99.8 Å². The van der Waals surface area contributed by atoms with E-state index in [1.54, 1.807) is 17.7 Å². The highest BCUT2D eigenvalue weighted by molar-refractivity contribution is 5.84. The van der Waals surface area contributed by atoms with Crippen molar-refractivity contribution in [3.8, 4) is 0 Å². The molecular formula is C36H42F2N2O. The molecule has 2 N–H and O–H groups in total. The highest BCUT2D eigenvalue weighted by Gasteiger charge is 2.35. The molecule has 41 heavy (non-hydrogen) atoms. The Bertz CT molecular complexity index is 1430. The number of aliphatic hydroxyl groups excluding tert-OH is 1. The number of nitrogens with zero attached hydrogens (tertiary/aromatic N) is 1. The third kappa shape index (κ3) is 5.16. The van der Waals surface area contributed by atoms with Crippen LogP contribution in [0, 0.1) is 5.92 Å². The summed E-state index contributed by atoms with van der Waals surface area (Å²) in [6, 6.07) is 11.8. The Kier molecular flexibility index (Phi) is 7.05. The number of allylic oxidation sites excluding steroid dienone is 4. The molecule has 2 aromatic carbocycles. The van der Waals surface area contributed by atoms with E-state index in [-0.39, 0.29) is 11.7 Å². The average Bonchev–Trinajstić information content (AvgIpc) is 2.85. The van der Waals surface area contributed by atoms with Gasteiger partial charge in [0.1, 0.15) is 0 Å². The van der Waals surface area contributed by atoms with Crippen LogP contribution in [0.15, 0.2) is 65.0 Å². The lowest BCUT2D eigenvalue weighted by Crippen LogP contribution is -2.36. The molecule has 0 aromatic heterocycles. The molecule has 0 bridgehead atoms. The van der Waals surface area contributed by atoms with Gasteiger partial charge in [-0.25, -0.2) is 8.78 Å². The van der Waals surface area contributed by atoms with Gasteiger partial charge in [0.2, 0.25) is 0 Å². The Labute approximate surface area is 243 Å². The van der Waals surface area contributed by atoms with E-state index in [9.17, 15) is 13.9 Å². The lowest BCUT2D eigenvalue weighted by Gasteiger charge is -2.43. The van der Waals surface area contributed by atoms with Gasteiger partial charge in [-0.2, -0.15) is 0 Å². The first kappa shape index (κ1) is 26.9. The number of halogens is 2. The normalized spacial score (nSPS) is 23.3. The maximum Gasteiger partial charge on any atom is 0.270 e. The van der Waals surface area contributed by atoms with Crippen LogP contribution in [0.4, 0.5) is 20.2 Å². The van der Waals surface area contributed by atoms with E-state index in [0.29, 0.717) is 12.3 Å². The summed E-state index contributed by atoms with van der Waals surface area (Å²) < 4.78 is 29.2. The van der Waals surface area contributed by atoms with Crippen molar-refractivity contribution < 1.29 is 13.9 Å². The predicted octanol–water partition coefficient (Wildman–Crippen LogP) is 9.03. The summed E-state index contributed by atoms with van der Waals surface area (Å²) in [7, 11) is 0. The number of anilines is 2. The Morgan fingerprint density at radius 2 is 1.73 bits per heavy atom. The lowest BCUT2D eigenvalue weighted by atomic mass is 9.75. The molecule has 5 heteroatoms. The maximum absolute atomic E-state index is 14.6. The van der Waals surface area contributed by atoms with Crippen LogP contribution in [-0.4, -0.2) is 17.8 Å². The van der Waals surface area contributed by atoms with Crippen molar-refractivity contribution in [1.82, 2.24) is 0 Å². The zero-order valence-corrected chi connectivity index (χ0v) is 24.2. The SMILES string of the molecule is CC(F)(F)c1ccc2c(c1)N(C(=C1CCC1)C1CCC1)CC/C2=C\C(Nc1cccc2c1CC(O)CC2)=C1CCC1. The molecule has 3 nitrogen and oxygen atoms in total. The van der Waals surface area contributed by atoms with E-state index in [0.717, 1.165) is 81.0 Å². The van der Waals surface area contributed by atoms with Crippen molar-refractivity contribution in [1.29, 1.82) is 0 Å². The van der Waals surface area contributed by atoms with E-state index >= 15 is 0 Å². The molecule has 0 spiro atoms. The molecule has 216 valence electrons. The third-order valence-corrected chi connectivity index (χ3v) is 10.2. The first-order chi connectivity index (χ1) is 19.8. The van der Waals surface area contributed by atoms with Crippen LogP contribution in [0.2, 0.25) is 0 Å². The number of alkyl halides is 2. The molecule has 1 atom stereocenters. The van der Waals surface area contributed by atoms with Crippen molar-refractivity contribution in [2.45, 2.75) is 102 Å². The Hall–Kier alpha value is -2.92. The Morgan fingerprint density at radius 3 is 2.39 bits per heavy atom. The minimum absolute atomic E-state index is 0.0965. The summed E-state index contributed by atoms with van der Waals surface area (Å²) in [5.74, 6) is -2.30. The summed E-state index contributed by atoms with van der Waals surface area (Å²) >= 11 is 0. The largest absolute Gasteiger partial charge is 0.393 e. The smallest absolute Gasteiger partial charge is 0.270 e. The van der Waals surface area contributed by atoms with Gasteiger partial charge in [-0.05, 0) is 117 Å². The number of hydrogen-bond acceptors (Lipinski definition) is 3. The van der Waals surface area contributed by atoms with Crippen LogP contribution >= 0.6 is 0 Å². The molecule has 1 aliphatic heterocycles. The fraction of sp³-hybridized carbons (Fsp3) is 0.500. The average molecular weight is 557 g/mol. The second-order valence-corrected chi connectivity index (χ2v) is 13.0. The minimum atomic E-state index is -2.88. The molecule has 2 aromatic rings. The van der Waals surface area contributed by atoms with E-state index < -0.39 is 5.92 Å². The highest BCUT2D eigenvalue weighted by Crippen LogP contribution is 2.48. The molecule has 1 heterocycles. The summed E-state index contributed by atoms with van der Waals surface area (Å²) in [5, 5.41) is 14.2. The number of rotatable bonds is 6. The Balaban J connectivity index is 1.29. The maximum atomic E-state index is 14.6. The minimum Gasteiger partial charge on any atom is -0.393 e. The van der Waals surface area contributed by atoms with Crippen LogP contribution in [0.25, 0.3) is 5.57 Å². The Morgan fingerprint density at radius 1 is 0.951 bits per heavy atom. The van der Waals surface area contributed by atoms with Gasteiger partial charge in [0.15, 0.2) is 0 Å². The van der Waals surface area contributed by atoms with Crippen molar-refractivity contribution in [2.24, 2.45) is 5.92 Å². The number of aryl methyl sites for hydroxylation is 1. The van der Waals surface area contributed by atoms with E-state index in [2.05, 4.69) is 34.5 Å². The number of fused-ring (bicyclic) bond motifs is 2. The summed E-state index contributed by atoms with van der Waals surface area (Å²) in [6.45, 7) is 1.85. The summed E-state index contributed by atoms with van der Waals surface area (Å²) in [5.41, 5.74) is 12.6. The third-order valence-electron chi connectivity index (χ3n) is 10.2. The summed E-state index contributed by atoms with van der Waals surface area (Å²) in [6.07, 6.45) is 15.9. The zero-order chi connectivity index (χ0) is 28.1. The molecule has 0 saturated heterocycles. The van der Waals surface area contributed by atoms with Crippen molar-refractivity contribution in [2.75, 3.05) is 16.8 Å². The van der Waals surface area contributed by atoms with Gasteiger partial charge in [0.05, 0.1) is 6.10 Å². The number of benzene rings is 2. The monoisotopic (exact) mass is 556 g/mol. The van der Waals surface area contributed by atoms with Crippen LogP contribution in [-0.2, 0) is 18.8 Å². The van der Waals surface area contributed by atoms with Crippen LogP contribution in [0.3, 0.4) is 0 Å². The molecule has 3 saturated carbocycles. The van der Waals surface area contributed by atoms with E-state index in [1.165, 1.54) is 60.1 Å². The zero-order valence-electron chi connectivity index (χ0n) is 24.2. The topological polar surface area (TPSA) is 35.5 Å². The van der Waals surface area contributed by atoms with E-state index in [4.69, 9.17) is 0 Å². The molecule has 5 aliphatic rings. The van der Waals surface area contributed by atoms with Crippen molar-refractivity contribution >= 4 is 16.9 Å². The van der Waals surface area contributed by atoms with Gasteiger partial charge in [-0.3, -0.25) is 0 Å². The fourth-order valence-electron chi connectivity index (χ4n) is 7.23. The standard InChI is InChI=1S/C36H42F2N2O/c1-36(37,38)28-15-17-30-27(18-19-40(34(30)21-28)35(25-9-3-10-25)26-11-4-12-26)20-33(24-7-2-8-24)39-32-13-5-6-23-14-16-29(41)22-31(23)32/h5-6,13,15,17,20-21,25,29,39,41H,2-4,7-12,14,16,18-19,22H2,1H3/b27-20+. The molecule has 7 rings (SSSR count). The van der Waals surface area contributed by atoms with Gasteiger partial charge in [-0.15, -0.1) is 0 Å². The molecule has 1 unspecified atom stereocenters. The number of nitrogens with one attached hydrogen (secondary N) is 1.